The van der Waals surface area contributed by atoms with Crippen molar-refractivity contribution in [1.82, 2.24) is 4.98 Å². The molecule has 0 bridgehead atoms. The van der Waals surface area contributed by atoms with Crippen LogP contribution < -0.4 is 10.1 Å². The average molecular weight is 351 g/mol. The van der Waals surface area contributed by atoms with Gasteiger partial charge in [0.05, 0.1) is 30.0 Å². The third-order valence-corrected chi connectivity index (χ3v) is 3.86. The number of aromatic amines is 1. The second-order valence-corrected chi connectivity index (χ2v) is 5.53. The quantitative estimate of drug-likeness (QED) is 0.805. The monoisotopic (exact) mass is 350 g/mol. The normalized spacial score (nSPS) is 10.4. The molecule has 7 heteroatoms. The van der Waals surface area contributed by atoms with Gasteiger partial charge in [0.2, 0.25) is 0 Å². The van der Waals surface area contributed by atoms with Gasteiger partial charge in [0.25, 0.3) is 5.91 Å². The lowest BCUT2D eigenvalue weighted by Crippen LogP contribution is -2.15. The van der Waals surface area contributed by atoms with Gasteiger partial charge in [-0.05, 0) is 38.5 Å². The molecular weight excluding hydrogens is 332 g/mol. The van der Waals surface area contributed by atoms with Crippen molar-refractivity contribution in [3.05, 3.63) is 45.7 Å². The minimum absolute atomic E-state index is 0.268. The molecule has 0 saturated carbocycles. The fourth-order valence-electron chi connectivity index (χ4n) is 2.49. The van der Waals surface area contributed by atoms with Crippen LogP contribution in [0.4, 0.5) is 5.69 Å². The van der Waals surface area contributed by atoms with E-state index in [0.717, 1.165) is 0 Å². The number of H-pyrrole nitrogens is 1. The Kier molecular flexibility index (Phi) is 5.51. The summed E-state index contributed by atoms with van der Waals surface area (Å²) in [5.41, 5.74) is 2.22. The summed E-state index contributed by atoms with van der Waals surface area (Å²) in [6, 6.07) is 5.05. The largest absolute Gasteiger partial charge is 0.493 e. The molecule has 1 amide bonds. The number of hydrogen-bond donors (Lipinski definition) is 2. The summed E-state index contributed by atoms with van der Waals surface area (Å²) in [4.78, 5) is 27.5. The molecule has 1 aromatic carbocycles. The summed E-state index contributed by atoms with van der Waals surface area (Å²) in [5.74, 6) is -0.478. The van der Waals surface area contributed by atoms with Crippen LogP contribution in [0.25, 0.3) is 0 Å². The molecule has 128 valence electrons. The molecule has 2 aromatic rings. The molecular formula is C17H19ClN2O4. The van der Waals surface area contributed by atoms with Crippen LogP contribution in [0.3, 0.4) is 0 Å². The van der Waals surface area contributed by atoms with Crippen molar-refractivity contribution in [2.75, 3.05) is 19.0 Å². The summed E-state index contributed by atoms with van der Waals surface area (Å²) >= 11 is 6.05. The van der Waals surface area contributed by atoms with Crippen molar-refractivity contribution < 1.29 is 19.1 Å². The fraction of sp³-hybridized carbons (Fsp3) is 0.294. The highest BCUT2D eigenvalue weighted by Gasteiger charge is 2.23. The number of benzene rings is 1. The van der Waals surface area contributed by atoms with Crippen LogP contribution in [-0.4, -0.2) is 30.6 Å². The van der Waals surface area contributed by atoms with Crippen LogP contribution in [0.2, 0.25) is 5.02 Å². The third-order valence-electron chi connectivity index (χ3n) is 3.56. The van der Waals surface area contributed by atoms with Crippen molar-refractivity contribution in [3.63, 3.8) is 0 Å². The molecule has 1 heterocycles. The lowest BCUT2D eigenvalue weighted by molar-refractivity contribution is 0.0525. The molecule has 0 saturated heterocycles. The SMILES string of the molecule is CCOC(=O)c1c(C)[nH]c(C(=O)Nc2cccc(Cl)c2OC)c1C. The Labute approximate surface area is 145 Å². The van der Waals surface area contributed by atoms with E-state index in [1.54, 1.807) is 39.0 Å². The predicted octanol–water partition coefficient (Wildman–Crippen LogP) is 3.72. The first-order valence-corrected chi connectivity index (χ1v) is 7.78. The molecule has 0 aliphatic carbocycles. The molecule has 2 N–H and O–H groups in total. The highest BCUT2D eigenvalue weighted by molar-refractivity contribution is 6.32. The van der Waals surface area contributed by atoms with E-state index in [1.807, 2.05) is 0 Å². The number of carbonyl (C=O) groups excluding carboxylic acids is 2. The maximum Gasteiger partial charge on any atom is 0.340 e. The summed E-state index contributed by atoms with van der Waals surface area (Å²) in [7, 11) is 1.47. The molecule has 1 aromatic heterocycles. The van der Waals surface area contributed by atoms with Gasteiger partial charge >= 0.3 is 5.97 Å². The van der Waals surface area contributed by atoms with E-state index < -0.39 is 11.9 Å². The van der Waals surface area contributed by atoms with Crippen LogP contribution in [0.15, 0.2) is 18.2 Å². The van der Waals surface area contributed by atoms with E-state index in [-0.39, 0.29) is 12.3 Å². The Morgan fingerprint density at radius 2 is 2.00 bits per heavy atom. The zero-order chi connectivity index (χ0) is 17.9. The number of anilines is 1. The first-order chi connectivity index (χ1) is 11.4. The van der Waals surface area contributed by atoms with Crippen molar-refractivity contribution in [2.45, 2.75) is 20.8 Å². The van der Waals surface area contributed by atoms with Gasteiger partial charge in [0.15, 0.2) is 5.75 Å². The number of aryl methyl sites for hydroxylation is 1. The van der Waals surface area contributed by atoms with E-state index in [1.165, 1.54) is 7.11 Å². The first kappa shape index (κ1) is 17.9. The van der Waals surface area contributed by atoms with E-state index in [2.05, 4.69) is 10.3 Å². The van der Waals surface area contributed by atoms with Gasteiger partial charge in [0, 0.05) is 5.69 Å². The van der Waals surface area contributed by atoms with Crippen LogP contribution in [0.5, 0.6) is 5.75 Å². The van der Waals surface area contributed by atoms with Crippen molar-refractivity contribution in [2.24, 2.45) is 0 Å². The zero-order valence-corrected chi connectivity index (χ0v) is 14.7. The highest BCUT2D eigenvalue weighted by Crippen LogP contribution is 2.33. The third kappa shape index (κ3) is 3.38. The van der Waals surface area contributed by atoms with Crippen molar-refractivity contribution in [3.8, 4) is 5.75 Å². The minimum atomic E-state index is -0.455. The number of methoxy groups -OCH3 is 1. The molecule has 24 heavy (non-hydrogen) atoms. The number of nitrogens with one attached hydrogen (secondary N) is 2. The molecule has 0 spiro atoms. The zero-order valence-electron chi connectivity index (χ0n) is 14.0. The van der Waals surface area contributed by atoms with Gasteiger partial charge in [-0.2, -0.15) is 0 Å². The summed E-state index contributed by atoms with van der Waals surface area (Å²) in [6.07, 6.45) is 0. The summed E-state index contributed by atoms with van der Waals surface area (Å²) in [6.45, 7) is 5.41. The van der Waals surface area contributed by atoms with Gasteiger partial charge in [0.1, 0.15) is 5.69 Å². The van der Waals surface area contributed by atoms with Gasteiger partial charge < -0.3 is 19.8 Å². The Bertz CT molecular complexity index is 783. The first-order valence-electron chi connectivity index (χ1n) is 7.40. The molecule has 0 unspecified atom stereocenters. The van der Waals surface area contributed by atoms with Crippen molar-refractivity contribution >= 4 is 29.2 Å². The lowest BCUT2D eigenvalue weighted by Gasteiger charge is -2.11. The van der Waals surface area contributed by atoms with E-state index >= 15 is 0 Å². The molecule has 6 nitrogen and oxygen atoms in total. The molecule has 0 atom stereocenters. The van der Waals surface area contributed by atoms with Gasteiger partial charge in [-0.15, -0.1) is 0 Å². The number of halogens is 1. The van der Waals surface area contributed by atoms with E-state index in [9.17, 15) is 9.59 Å². The Morgan fingerprint density at radius 3 is 2.62 bits per heavy atom. The molecule has 0 radical (unpaired) electrons. The average Bonchev–Trinajstić information content (AvgIpc) is 2.82. The maximum atomic E-state index is 12.6. The molecule has 0 fully saturated rings. The molecule has 2 rings (SSSR count). The van der Waals surface area contributed by atoms with E-state index in [0.29, 0.717) is 33.3 Å². The number of rotatable bonds is 5. The number of esters is 1. The second kappa shape index (κ2) is 7.40. The Hall–Kier alpha value is -2.47. The predicted molar refractivity (Wildman–Crippen MR) is 92.2 cm³/mol. The van der Waals surface area contributed by atoms with Crippen molar-refractivity contribution in [1.29, 1.82) is 0 Å². The maximum absolute atomic E-state index is 12.6. The van der Waals surface area contributed by atoms with Crippen LogP contribution in [0, 0.1) is 13.8 Å². The number of carbonyl (C=O) groups is 2. The van der Waals surface area contributed by atoms with Crippen LogP contribution in [0.1, 0.15) is 39.0 Å². The highest BCUT2D eigenvalue weighted by atomic mass is 35.5. The molecule has 0 aliphatic rings. The number of ether oxygens (including phenoxy) is 2. The topological polar surface area (TPSA) is 80.4 Å². The summed E-state index contributed by atoms with van der Waals surface area (Å²) < 4.78 is 10.2. The fourth-order valence-corrected chi connectivity index (χ4v) is 2.74. The number of aromatic nitrogens is 1. The van der Waals surface area contributed by atoms with Crippen LogP contribution >= 0.6 is 11.6 Å². The van der Waals surface area contributed by atoms with Gasteiger partial charge in [-0.1, -0.05) is 17.7 Å². The Morgan fingerprint density at radius 1 is 1.29 bits per heavy atom. The second-order valence-electron chi connectivity index (χ2n) is 5.12. The summed E-state index contributed by atoms with van der Waals surface area (Å²) in [5, 5.41) is 3.13. The van der Waals surface area contributed by atoms with Crippen LogP contribution in [-0.2, 0) is 4.74 Å². The number of amides is 1. The van der Waals surface area contributed by atoms with E-state index in [4.69, 9.17) is 21.1 Å². The van der Waals surface area contributed by atoms with Gasteiger partial charge in [-0.25, -0.2) is 4.79 Å². The Balaban J connectivity index is 2.33. The number of hydrogen-bond acceptors (Lipinski definition) is 4. The standard InChI is InChI=1S/C17H19ClN2O4/c1-5-24-17(22)13-9(2)14(19-10(13)3)16(21)20-12-8-6-7-11(18)15(12)23-4/h6-8,19H,5H2,1-4H3,(H,20,21). The van der Waals surface area contributed by atoms with Gasteiger partial charge in [-0.3, -0.25) is 4.79 Å². The molecule has 0 aliphatic heterocycles. The lowest BCUT2D eigenvalue weighted by atomic mass is 10.1. The minimum Gasteiger partial charge on any atom is -0.493 e. The number of para-hydroxylation sites is 1. The smallest absolute Gasteiger partial charge is 0.340 e.